The van der Waals surface area contributed by atoms with E-state index in [-0.39, 0.29) is 23.3 Å². The molecular formula is C23H33N7O4. The van der Waals surface area contributed by atoms with Crippen molar-refractivity contribution in [3.05, 3.63) is 58.9 Å². The fraction of sp³-hybridized carbons (Fsp3) is 0.391. The van der Waals surface area contributed by atoms with Gasteiger partial charge < -0.3 is 25.4 Å². The molecule has 0 spiro atoms. The number of nitrogens with one attached hydrogen (secondary N) is 1. The Morgan fingerprint density at radius 2 is 1.97 bits per heavy atom. The number of amidine groups is 1. The summed E-state index contributed by atoms with van der Waals surface area (Å²) < 4.78 is 10.2. The average Bonchev–Trinajstić information content (AvgIpc) is 2.82. The number of amides is 2. The Labute approximate surface area is 199 Å². The molecule has 1 fully saturated rings. The van der Waals surface area contributed by atoms with Crippen molar-refractivity contribution >= 4 is 17.6 Å². The first-order chi connectivity index (χ1) is 16.2. The first-order valence-electron chi connectivity index (χ1n) is 10.8. The summed E-state index contributed by atoms with van der Waals surface area (Å²) in [6.07, 6.45) is 0. The number of pyridine rings is 1. The van der Waals surface area contributed by atoms with Crippen molar-refractivity contribution in [2.75, 3.05) is 40.5 Å². The lowest BCUT2D eigenvalue weighted by molar-refractivity contribution is -0.132. The maximum absolute atomic E-state index is 12.4. The number of benzene rings is 1. The molecule has 0 aliphatic carbocycles. The van der Waals surface area contributed by atoms with Crippen LogP contribution in [0.15, 0.2) is 41.5 Å². The van der Waals surface area contributed by atoms with Crippen LogP contribution in [-0.2, 0) is 16.1 Å². The number of ether oxygens (including phenoxy) is 2. The van der Waals surface area contributed by atoms with Crippen LogP contribution < -0.4 is 21.6 Å². The molecule has 2 amide bonds. The van der Waals surface area contributed by atoms with Crippen LogP contribution in [0, 0.1) is 6.92 Å². The van der Waals surface area contributed by atoms with Gasteiger partial charge in [0.2, 0.25) is 5.91 Å². The number of hydrogen-bond donors (Lipinski definition) is 3. The highest BCUT2D eigenvalue weighted by Gasteiger charge is 2.12. The number of nitrogens with two attached hydrogens (primary N) is 2. The van der Waals surface area contributed by atoms with Crippen LogP contribution >= 0.6 is 0 Å². The van der Waals surface area contributed by atoms with E-state index in [1.807, 2.05) is 24.3 Å². The van der Waals surface area contributed by atoms with Gasteiger partial charge in [-0.25, -0.2) is 15.9 Å². The summed E-state index contributed by atoms with van der Waals surface area (Å²) in [7, 11) is 3.16. The normalized spacial score (nSPS) is 13.4. The number of aryl methyl sites for hydroxylation is 1. The molecule has 0 atom stereocenters. The van der Waals surface area contributed by atoms with E-state index >= 15 is 0 Å². The molecule has 5 N–H and O–H groups in total. The zero-order valence-corrected chi connectivity index (χ0v) is 20.1. The monoisotopic (exact) mass is 471 g/mol. The van der Waals surface area contributed by atoms with Gasteiger partial charge >= 0.3 is 0 Å². The van der Waals surface area contributed by atoms with Crippen LogP contribution in [0.4, 0.5) is 0 Å². The maximum Gasteiger partial charge on any atom is 0.270 e. The molecule has 3 rings (SSSR count). The number of carbonyl (C=O) groups is 2. The van der Waals surface area contributed by atoms with E-state index in [4.69, 9.17) is 21.1 Å². The molecule has 34 heavy (non-hydrogen) atoms. The van der Waals surface area contributed by atoms with Gasteiger partial charge in [0.15, 0.2) is 5.84 Å². The molecule has 0 saturated carbocycles. The Hall–Kier alpha value is -3.70. The topological polar surface area (TPSA) is 148 Å². The third kappa shape index (κ3) is 8.68. The number of methoxy groups -OCH3 is 1. The largest absolute Gasteiger partial charge is 0.497 e. The number of hydrazone groups is 1. The standard InChI is InChI=1S/C17H22N6O2.C6H11NO2/c1-11-7-13(16(18)22-23(2)19)9-15(21-11)17(24)20-10-12-5-4-6-14(8-12)25-3;1-6(8)7-2-4-9-5-3-7/h4-9H,10,19H2,1-3H3,(H2,18,22)(H,20,24);2-5H2,1H3. The molecule has 2 aromatic rings. The van der Waals surface area contributed by atoms with Crippen LogP contribution in [0.1, 0.15) is 34.2 Å². The smallest absolute Gasteiger partial charge is 0.270 e. The number of morpholine rings is 1. The molecule has 1 aromatic heterocycles. The quantitative estimate of drug-likeness (QED) is 0.240. The Kier molecular flexibility index (Phi) is 10.2. The summed E-state index contributed by atoms with van der Waals surface area (Å²) in [4.78, 5) is 29.1. The molecule has 1 saturated heterocycles. The van der Waals surface area contributed by atoms with Crippen LogP contribution in [0.5, 0.6) is 5.75 Å². The third-order valence-electron chi connectivity index (χ3n) is 4.79. The van der Waals surface area contributed by atoms with Crippen LogP contribution in [-0.4, -0.2) is 73.1 Å². The number of nitrogens with zero attached hydrogens (tertiary/aromatic N) is 4. The SMILES string of the molecule is CC(=O)N1CCOCC1.COc1cccc(CNC(=O)c2cc(/C(N)=N/N(C)N)cc(C)n2)c1. The lowest BCUT2D eigenvalue weighted by atomic mass is 10.1. The van der Waals surface area contributed by atoms with Crippen LogP contribution in [0.2, 0.25) is 0 Å². The van der Waals surface area contributed by atoms with E-state index in [1.54, 1.807) is 45.0 Å². The van der Waals surface area contributed by atoms with Crippen molar-refractivity contribution < 1.29 is 19.1 Å². The van der Waals surface area contributed by atoms with Gasteiger partial charge in [-0.2, -0.15) is 0 Å². The second-order valence-electron chi connectivity index (χ2n) is 7.59. The summed E-state index contributed by atoms with van der Waals surface area (Å²) in [6, 6.07) is 10.8. The molecule has 1 aliphatic heterocycles. The summed E-state index contributed by atoms with van der Waals surface area (Å²) >= 11 is 0. The first-order valence-corrected chi connectivity index (χ1v) is 10.8. The summed E-state index contributed by atoms with van der Waals surface area (Å²) in [5, 5.41) is 7.87. The summed E-state index contributed by atoms with van der Waals surface area (Å²) in [5.41, 5.74) is 8.30. The van der Waals surface area contributed by atoms with E-state index < -0.39 is 0 Å². The second-order valence-corrected chi connectivity index (χ2v) is 7.59. The fourth-order valence-electron chi connectivity index (χ4n) is 3.09. The van der Waals surface area contributed by atoms with Gasteiger partial charge in [-0.15, -0.1) is 5.10 Å². The van der Waals surface area contributed by atoms with Gasteiger partial charge in [0.1, 0.15) is 11.4 Å². The fourth-order valence-corrected chi connectivity index (χ4v) is 3.09. The first kappa shape index (κ1) is 26.6. The van der Waals surface area contributed by atoms with Gasteiger partial charge in [0.25, 0.3) is 5.91 Å². The molecule has 2 heterocycles. The highest BCUT2D eigenvalue weighted by atomic mass is 16.5. The van der Waals surface area contributed by atoms with Crippen molar-refractivity contribution in [1.82, 2.24) is 20.3 Å². The minimum atomic E-state index is -0.304. The molecule has 1 aromatic carbocycles. The molecular weight excluding hydrogens is 438 g/mol. The third-order valence-corrected chi connectivity index (χ3v) is 4.79. The minimum Gasteiger partial charge on any atom is -0.497 e. The lowest BCUT2D eigenvalue weighted by Gasteiger charge is -2.25. The number of aromatic nitrogens is 1. The van der Waals surface area contributed by atoms with Crippen molar-refractivity contribution in [2.24, 2.45) is 16.7 Å². The van der Waals surface area contributed by atoms with E-state index in [2.05, 4.69) is 15.4 Å². The zero-order chi connectivity index (χ0) is 25.1. The van der Waals surface area contributed by atoms with E-state index in [1.165, 1.54) is 0 Å². The highest BCUT2D eigenvalue weighted by Crippen LogP contribution is 2.12. The second kappa shape index (κ2) is 13.1. The van der Waals surface area contributed by atoms with Crippen molar-refractivity contribution in [3.63, 3.8) is 0 Å². The molecule has 11 heteroatoms. The van der Waals surface area contributed by atoms with E-state index in [9.17, 15) is 9.59 Å². The number of hydrogen-bond acceptors (Lipinski definition) is 8. The lowest BCUT2D eigenvalue weighted by Crippen LogP contribution is -2.39. The highest BCUT2D eigenvalue weighted by molar-refractivity contribution is 6.00. The molecule has 0 unspecified atom stereocenters. The van der Waals surface area contributed by atoms with E-state index in [0.29, 0.717) is 31.0 Å². The molecule has 1 aliphatic rings. The molecule has 0 bridgehead atoms. The van der Waals surface area contributed by atoms with Gasteiger partial charge in [-0.1, -0.05) is 12.1 Å². The Bertz CT molecular complexity index is 1000. The zero-order valence-electron chi connectivity index (χ0n) is 20.1. The summed E-state index contributed by atoms with van der Waals surface area (Å²) in [5.74, 6) is 6.25. The van der Waals surface area contributed by atoms with Crippen molar-refractivity contribution in [3.8, 4) is 5.75 Å². The average molecular weight is 472 g/mol. The van der Waals surface area contributed by atoms with Crippen LogP contribution in [0.25, 0.3) is 0 Å². The minimum absolute atomic E-state index is 0.151. The number of carbonyl (C=O) groups excluding carboxylic acids is 2. The van der Waals surface area contributed by atoms with Gasteiger partial charge in [0.05, 0.1) is 20.3 Å². The van der Waals surface area contributed by atoms with Gasteiger partial charge in [0, 0.05) is 44.9 Å². The molecule has 11 nitrogen and oxygen atoms in total. The number of rotatable bonds is 6. The Morgan fingerprint density at radius 1 is 1.26 bits per heavy atom. The van der Waals surface area contributed by atoms with E-state index in [0.717, 1.165) is 29.5 Å². The number of hydrazine groups is 1. The van der Waals surface area contributed by atoms with Crippen molar-refractivity contribution in [1.29, 1.82) is 0 Å². The van der Waals surface area contributed by atoms with Gasteiger partial charge in [-0.05, 0) is 36.8 Å². The van der Waals surface area contributed by atoms with Gasteiger partial charge in [-0.3, -0.25) is 9.59 Å². The van der Waals surface area contributed by atoms with Crippen LogP contribution in [0.3, 0.4) is 0 Å². The molecule has 0 radical (unpaired) electrons. The molecule has 184 valence electrons. The maximum atomic E-state index is 12.4. The Morgan fingerprint density at radius 3 is 2.56 bits per heavy atom. The predicted octanol–water partition coefficient (Wildman–Crippen LogP) is 0.620. The predicted molar refractivity (Wildman–Crippen MR) is 129 cm³/mol. The Balaban J connectivity index is 0.000000379. The van der Waals surface area contributed by atoms with Crippen molar-refractivity contribution in [2.45, 2.75) is 20.4 Å². The summed E-state index contributed by atoms with van der Waals surface area (Å²) in [6.45, 7) is 6.63.